The zero-order valence-electron chi connectivity index (χ0n) is 11.3. The Bertz CT molecular complexity index is 503. The second-order valence-electron chi connectivity index (χ2n) is 4.44. The topological polar surface area (TPSA) is 24.4 Å². The Balaban J connectivity index is 1.89. The number of amidine groups is 1. The van der Waals surface area contributed by atoms with Gasteiger partial charge in [0.2, 0.25) is 0 Å². The van der Waals surface area contributed by atoms with E-state index in [-0.39, 0.29) is 0 Å². The highest BCUT2D eigenvalue weighted by Gasteiger charge is 1.96. The van der Waals surface area contributed by atoms with Crippen molar-refractivity contribution < 1.29 is 0 Å². The number of nitrogens with one attached hydrogen (secondary N) is 1. The number of benzene rings is 2. The summed E-state index contributed by atoms with van der Waals surface area (Å²) >= 11 is 0. The molecule has 0 radical (unpaired) electrons. The van der Waals surface area contributed by atoms with Crippen LogP contribution in [0.3, 0.4) is 0 Å². The summed E-state index contributed by atoms with van der Waals surface area (Å²) in [6.07, 6.45) is 0.930. The van der Waals surface area contributed by atoms with Crippen molar-refractivity contribution in [1.82, 2.24) is 5.32 Å². The van der Waals surface area contributed by atoms with E-state index in [2.05, 4.69) is 53.6 Å². The smallest absolute Gasteiger partial charge is 0.0967 e. The number of aliphatic imine (C=N–C) groups is 1. The summed E-state index contributed by atoms with van der Waals surface area (Å²) in [5, 5.41) is 3.41. The lowest BCUT2D eigenvalue weighted by molar-refractivity contribution is 0.869. The highest BCUT2D eigenvalue weighted by molar-refractivity contribution is 5.81. The van der Waals surface area contributed by atoms with Crippen LogP contribution in [-0.4, -0.2) is 5.84 Å². The maximum Gasteiger partial charge on any atom is 0.0967 e. The molecule has 0 saturated carbocycles. The summed E-state index contributed by atoms with van der Waals surface area (Å²) < 4.78 is 0. The molecular formula is C17H20N2. The SMILES string of the molecule is CC/C(=N\Cc1ccccc1)NCc1ccccc1. The van der Waals surface area contributed by atoms with Crippen LogP contribution in [0.2, 0.25) is 0 Å². The van der Waals surface area contributed by atoms with Crippen molar-refractivity contribution in [3.05, 3.63) is 71.8 Å². The van der Waals surface area contributed by atoms with Crippen molar-refractivity contribution in [3.63, 3.8) is 0 Å². The molecule has 0 spiro atoms. The van der Waals surface area contributed by atoms with E-state index in [0.29, 0.717) is 0 Å². The molecule has 0 aromatic heterocycles. The van der Waals surface area contributed by atoms with Crippen LogP contribution in [0.5, 0.6) is 0 Å². The first kappa shape index (κ1) is 13.3. The molecule has 2 aromatic carbocycles. The van der Waals surface area contributed by atoms with Crippen LogP contribution in [0.4, 0.5) is 0 Å². The molecule has 0 atom stereocenters. The van der Waals surface area contributed by atoms with Gasteiger partial charge in [0.1, 0.15) is 0 Å². The van der Waals surface area contributed by atoms with Crippen molar-refractivity contribution in [3.8, 4) is 0 Å². The molecule has 2 aromatic rings. The van der Waals surface area contributed by atoms with E-state index in [1.807, 2.05) is 24.3 Å². The van der Waals surface area contributed by atoms with Gasteiger partial charge in [0.15, 0.2) is 0 Å². The van der Waals surface area contributed by atoms with Crippen LogP contribution in [0, 0.1) is 0 Å². The van der Waals surface area contributed by atoms with Gasteiger partial charge < -0.3 is 5.32 Å². The van der Waals surface area contributed by atoms with Crippen LogP contribution in [-0.2, 0) is 13.1 Å². The van der Waals surface area contributed by atoms with Gasteiger partial charge in [-0.2, -0.15) is 0 Å². The Hall–Kier alpha value is -2.09. The zero-order valence-corrected chi connectivity index (χ0v) is 11.3. The molecule has 0 amide bonds. The summed E-state index contributed by atoms with van der Waals surface area (Å²) in [6, 6.07) is 20.7. The van der Waals surface area contributed by atoms with Crippen molar-refractivity contribution >= 4 is 5.84 Å². The molecule has 98 valence electrons. The van der Waals surface area contributed by atoms with Gasteiger partial charge in [0.05, 0.1) is 12.4 Å². The monoisotopic (exact) mass is 252 g/mol. The summed E-state index contributed by atoms with van der Waals surface area (Å²) in [6.45, 7) is 3.70. The summed E-state index contributed by atoms with van der Waals surface area (Å²) in [7, 11) is 0. The molecule has 0 heterocycles. The Labute approximate surface area is 115 Å². The van der Waals surface area contributed by atoms with Gasteiger partial charge in [0.25, 0.3) is 0 Å². The molecule has 0 fully saturated rings. The Kier molecular flexibility index (Phi) is 5.17. The highest BCUT2D eigenvalue weighted by Crippen LogP contribution is 2.02. The molecule has 2 rings (SSSR count). The largest absolute Gasteiger partial charge is 0.370 e. The summed E-state index contributed by atoms with van der Waals surface area (Å²) in [5.74, 6) is 1.06. The third kappa shape index (κ3) is 4.59. The second-order valence-corrected chi connectivity index (χ2v) is 4.44. The first-order valence-electron chi connectivity index (χ1n) is 6.73. The normalized spacial score (nSPS) is 11.3. The molecule has 0 aliphatic rings. The zero-order chi connectivity index (χ0) is 13.3. The Morgan fingerprint density at radius 2 is 1.47 bits per heavy atom. The summed E-state index contributed by atoms with van der Waals surface area (Å²) in [5.41, 5.74) is 2.53. The minimum Gasteiger partial charge on any atom is -0.370 e. The molecule has 0 bridgehead atoms. The Morgan fingerprint density at radius 1 is 0.895 bits per heavy atom. The molecule has 0 aliphatic heterocycles. The third-order valence-electron chi connectivity index (χ3n) is 2.97. The number of hydrogen-bond donors (Lipinski definition) is 1. The lowest BCUT2D eigenvalue weighted by atomic mass is 10.2. The Morgan fingerprint density at radius 3 is 2.05 bits per heavy atom. The van der Waals surface area contributed by atoms with E-state index < -0.39 is 0 Å². The van der Waals surface area contributed by atoms with Gasteiger partial charge in [-0.1, -0.05) is 67.6 Å². The third-order valence-corrected chi connectivity index (χ3v) is 2.97. The van der Waals surface area contributed by atoms with Gasteiger partial charge >= 0.3 is 0 Å². The predicted molar refractivity (Wildman–Crippen MR) is 81.2 cm³/mol. The molecule has 1 N–H and O–H groups in total. The molecule has 2 heteroatoms. The minimum atomic E-state index is 0.742. The van der Waals surface area contributed by atoms with E-state index in [1.165, 1.54) is 11.1 Å². The van der Waals surface area contributed by atoms with Crippen molar-refractivity contribution in [2.45, 2.75) is 26.4 Å². The molecular weight excluding hydrogens is 232 g/mol. The van der Waals surface area contributed by atoms with Gasteiger partial charge in [-0.3, -0.25) is 4.99 Å². The quantitative estimate of drug-likeness (QED) is 0.635. The predicted octanol–water partition coefficient (Wildman–Crippen LogP) is 3.78. The second kappa shape index (κ2) is 7.37. The van der Waals surface area contributed by atoms with Crippen LogP contribution < -0.4 is 5.32 Å². The average Bonchev–Trinajstić information content (AvgIpc) is 2.49. The number of rotatable bonds is 5. The van der Waals surface area contributed by atoms with Gasteiger partial charge in [-0.25, -0.2) is 0 Å². The molecule has 0 saturated heterocycles. The van der Waals surface area contributed by atoms with E-state index in [1.54, 1.807) is 0 Å². The fourth-order valence-corrected chi connectivity index (χ4v) is 1.86. The molecule has 0 unspecified atom stereocenters. The highest BCUT2D eigenvalue weighted by atomic mass is 15.0. The number of nitrogens with zero attached hydrogens (tertiary/aromatic N) is 1. The van der Waals surface area contributed by atoms with Crippen LogP contribution in [0.1, 0.15) is 24.5 Å². The lowest BCUT2D eigenvalue weighted by Crippen LogP contribution is -2.22. The lowest BCUT2D eigenvalue weighted by Gasteiger charge is -2.08. The van der Waals surface area contributed by atoms with Crippen LogP contribution in [0.25, 0.3) is 0 Å². The van der Waals surface area contributed by atoms with Gasteiger partial charge in [0, 0.05) is 13.0 Å². The maximum absolute atomic E-state index is 4.63. The van der Waals surface area contributed by atoms with E-state index in [4.69, 9.17) is 0 Å². The van der Waals surface area contributed by atoms with Gasteiger partial charge in [-0.05, 0) is 11.1 Å². The minimum absolute atomic E-state index is 0.742. The fourth-order valence-electron chi connectivity index (χ4n) is 1.86. The van der Waals surface area contributed by atoms with Crippen LogP contribution >= 0.6 is 0 Å². The average molecular weight is 252 g/mol. The first-order valence-corrected chi connectivity index (χ1v) is 6.73. The van der Waals surface area contributed by atoms with Crippen molar-refractivity contribution in [2.24, 2.45) is 4.99 Å². The van der Waals surface area contributed by atoms with E-state index in [9.17, 15) is 0 Å². The van der Waals surface area contributed by atoms with Crippen LogP contribution in [0.15, 0.2) is 65.7 Å². The molecule has 0 aliphatic carbocycles. The molecule has 2 nitrogen and oxygen atoms in total. The van der Waals surface area contributed by atoms with E-state index in [0.717, 1.165) is 25.3 Å². The first-order chi connectivity index (χ1) is 9.38. The molecule has 19 heavy (non-hydrogen) atoms. The van der Waals surface area contributed by atoms with E-state index >= 15 is 0 Å². The number of hydrogen-bond acceptors (Lipinski definition) is 1. The standard InChI is InChI=1S/C17H20N2/c1-2-17(18-13-15-9-5-3-6-10-15)19-14-16-11-7-4-8-12-16/h3-12H,2,13-14H2,1H3,(H,18,19). The fraction of sp³-hybridized carbons (Fsp3) is 0.235. The summed E-state index contributed by atoms with van der Waals surface area (Å²) in [4.78, 5) is 4.63. The van der Waals surface area contributed by atoms with Crippen molar-refractivity contribution in [1.29, 1.82) is 0 Å². The maximum atomic E-state index is 4.63. The van der Waals surface area contributed by atoms with Crippen molar-refractivity contribution in [2.75, 3.05) is 0 Å². The van der Waals surface area contributed by atoms with Gasteiger partial charge in [-0.15, -0.1) is 0 Å².